The van der Waals surface area contributed by atoms with Crippen LogP contribution in [-0.2, 0) is 26.2 Å². The maximum Gasteiger partial charge on any atom is 2.00 e. The van der Waals surface area contributed by atoms with Gasteiger partial charge in [-0.2, -0.15) is 9.89 Å². The molecule has 4 rings (SSSR count). The van der Waals surface area contributed by atoms with Crippen molar-refractivity contribution in [3.8, 4) is 0 Å². The molecule has 3 aliphatic rings. The zero-order valence-electron chi connectivity index (χ0n) is 13.1. The number of halogens is 2. The standard InChI is InChI=1S/C18H18SSi.2ClH.Zr/c1-20(2)19-17-9-5-7-14(17)12-18(19)16-11-10-13-6-3-4-8-15(13)16;;;/h3-12,16,18H,1-2H3;2*1H;/q;;;+2/p-2. The minimum absolute atomic E-state index is 0. The molecular formula is C18H18Cl2SSiZr. The first-order valence-corrected chi connectivity index (χ1v) is 11.7. The number of hydrogen-bond acceptors (Lipinski definition) is 0. The van der Waals surface area contributed by atoms with Crippen LogP contribution < -0.4 is 24.8 Å². The molecule has 5 heteroatoms. The molecule has 1 aromatic rings. The van der Waals surface area contributed by atoms with Crippen molar-refractivity contribution >= 4 is 23.5 Å². The molecule has 0 N–H and O–H groups in total. The van der Waals surface area contributed by atoms with Gasteiger partial charge in [-0.05, 0) is 22.8 Å². The van der Waals surface area contributed by atoms with E-state index in [0.29, 0.717) is 21.1 Å². The molecule has 2 aliphatic carbocycles. The predicted octanol–water partition coefficient (Wildman–Crippen LogP) is -0.915. The molecule has 0 bridgehead atoms. The van der Waals surface area contributed by atoms with Crippen molar-refractivity contribution in [1.82, 2.24) is 0 Å². The smallest absolute Gasteiger partial charge is 1.00 e. The average molecular weight is 457 g/mol. The van der Waals surface area contributed by atoms with Gasteiger partial charge in [-0.25, -0.2) is 0 Å². The van der Waals surface area contributed by atoms with Crippen molar-refractivity contribution in [3.63, 3.8) is 0 Å². The molecule has 0 aromatic heterocycles. The molecule has 0 fully saturated rings. The fourth-order valence-electron chi connectivity index (χ4n) is 3.45. The maximum absolute atomic E-state index is 2.55. The number of fused-ring (bicyclic) bond motifs is 2. The van der Waals surface area contributed by atoms with Gasteiger partial charge in [0.25, 0.3) is 0 Å². The summed E-state index contributed by atoms with van der Waals surface area (Å²) in [5, 5.41) is 0.685. The van der Waals surface area contributed by atoms with Gasteiger partial charge < -0.3 is 24.8 Å². The molecular weight excluding hydrogens is 438 g/mol. The Balaban J connectivity index is 0.000000882. The minimum atomic E-state index is -0.318. The fraction of sp³-hybridized carbons (Fsp3) is 0.222. The summed E-state index contributed by atoms with van der Waals surface area (Å²) in [6.07, 6.45) is 14.2. The molecule has 1 aromatic carbocycles. The Kier molecular flexibility index (Phi) is 7.89. The second-order valence-corrected chi connectivity index (χ2v) is 13.0. The van der Waals surface area contributed by atoms with Crippen LogP contribution in [0.4, 0.5) is 0 Å². The van der Waals surface area contributed by atoms with Crippen LogP contribution in [-0.4, -0.2) is 12.8 Å². The van der Waals surface area contributed by atoms with Gasteiger partial charge in [0.05, 0.1) is 0 Å². The van der Waals surface area contributed by atoms with E-state index in [-0.39, 0.29) is 58.5 Å². The average Bonchev–Trinajstić information content (AvgIpc) is 3.10. The largest absolute Gasteiger partial charge is 2.00 e. The fourth-order valence-corrected chi connectivity index (χ4v) is 10.3. The number of rotatable bonds is 1. The second kappa shape index (κ2) is 8.54. The molecule has 0 amide bonds. The molecule has 118 valence electrons. The van der Waals surface area contributed by atoms with Crippen LogP contribution in [0.5, 0.6) is 0 Å². The Morgan fingerprint density at radius 2 is 1.78 bits per heavy atom. The summed E-state index contributed by atoms with van der Waals surface area (Å²) < 4.78 is 0. The van der Waals surface area contributed by atoms with Gasteiger partial charge in [-0.15, -0.1) is 0 Å². The van der Waals surface area contributed by atoms with Crippen LogP contribution in [0.2, 0.25) is 13.1 Å². The first-order chi connectivity index (χ1) is 9.75. The molecule has 3 atom stereocenters. The third-order valence-corrected chi connectivity index (χ3v) is 11.1. The summed E-state index contributed by atoms with van der Waals surface area (Å²) in [4.78, 5) is 1.63. The Morgan fingerprint density at radius 3 is 2.52 bits per heavy atom. The van der Waals surface area contributed by atoms with Crippen molar-refractivity contribution < 1.29 is 51.0 Å². The van der Waals surface area contributed by atoms with E-state index in [0.717, 1.165) is 0 Å². The van der Waals surface area contributed by atoms with Crippen molar-refractivity contribution in [2.45, 2.75) is 24.3 Å². The Labute approximate surface area is 173 Å². The van der Waals surface area contributed by atoms with Crippen molar-refractivity contribution in [2.75, 3.05) is 0 Å². The van der Waals surface area contributed by atoms with Crippen LogP contribution in [0.3, 0.4) is 0 Å². The summed E-state index contributed by atoms with van der Waals surface area (Å²) >= 11 is 0. The Bertz CT molecular complexity index is 758. The zero-order chi connectivity index (χ0) is 13.7. The van der Waals surface area contributed by atoms with Crippen LogP contribution in [0.25, 0.3) is 6.08 Å². The third kappa shape index (κ3) is 3.60. The Hall–Kier alpha value is 0.210. The quantitative estimate of drug-likeness (QED) is 0.480. The van der Waals surface area contributed by atoms with Gasteiger partial charge in [0.15, 0.2) is 0 Å². The van der Waals surface area contributed by atoms with E-state index in [9.17, 15) is 0 Å². The molecule has 0 spiro atoms. The number of allylic oxidation sites excluding steroid dienone is 5. The van der Waals surface area contributed by atoms with E-state index >= 15 is 0 Å². The molecule has 23 heavy (non-hydrogen) atoms. The van der Waals surface area contributed by atoms with Crippen molar-refractivity contribution in [1.29, 1.82) is 0 Å². The zero-order valence-corrected chi connectivity index (χ0v) is 18.9. The SMILES string of the molecule is C[Si](C)=S1C2=CC=CC2=CC1C1C=Cc2ccccc21.[Cl-].[Cl-].[Zr+2]. The predicted molar refractivity (Wildman–Crippen MR) is 92.4 cm³/mol. The van der Waals surface area contributed by atoms with Gasteiger partial charge in [-0.1, -0.05) is 67.7 Å². The van der Waals surface area contributed by atoms with Gasteiger partial charge in [0.1, 0.15) is 0 Å². The molecule has 1 aliphatic heterocycles. The van der Waals surface area contributed by atoms with Crippen LogP contribution in [0.1, 0.15) is 17.0 Å². The summed E-state index contributed by atoms with van der Waals surface area (Å²) in [6.45, 7) is 4.95. The second-order valence-electron chi connectivity index (χ2n) is 5.74. The molecule has 0 saturated carbocycles. The van der Waals surface area contributed by atoms with E-state index in [1.165, 1.54) is 16.7 Å². The number of benzene rings is 1. The van der Waals surface area contributed by atoms with Gasteiger partial charge in [0, 0.05) is 23.6 Å². The molecule has 0 radical (unpaired) electrons. The van der Waals surface area contributed by atoms with E-state index < -0.39 is 0 Å². The van der Waals surface area contributed by atoms with E-state index in [4.69, 9.17) is 0 Å². The van der Waals surface area contributed by atoms with Crippen LogP contribution >= 0.6 is 9.89 Å². The summed E-state index contributed by atoms with van der Waals surface area (Å²) in [5.74, 6) is 0.585. The maximum atomic E-state index is 2.55. The number of hydrogen-bond donors (Lipinski definition) is 0. The first-order valence-electron chi connectivity index (χ1n) is 7.16. The Morgan fingerprint density at radius 1 is 1.04 bits per heavy atom. The third-order valence-electron chi connectivity index (χ3n) is 4.29. The monoisotopic (exact) mass is 454 g/mol. The van der Waals surface area contributed by atoms with Gasteiger partial charge in [-0.3, -0.25) is 0 Å². The van der Waals surface area contributed by atoms with E-state index in [2.05, 4.69) is 73.8 Å². The summed E-state index contributed by atoms with van der Waals surface area (Å²) in [5.41, 5.74) is 4.45. The van der Waals surface area contributed by atoms with Crippen LogP contribution in [0, 0.1) is 0 Å². The molecule has 3 unspecified atom stereocenters. The van der Waals surface area contributed by atoms with Crippen LogP contribution in [0.15, 0.2) is 65.1 Å². The minimum Gasteiger partial charge on any atom is -1.00 e. The normalized spacial score (nSPS) is 25.4. The molecule has 1 heterocycles. The summed E-state index contributed by atoms with van der Waals surface area (Å²) in [6, 6.07) is 8.89. The summed E-state index contributed by atoms with van der Waals surface area (Å²) in [7, 11) is 0.119. The van der Waals surface area contributed by atoms with E-state index in [1.54, 1.807) is 4.91 Å². The molecule has 0 saturated heterocycles. The van der Waals surface area contributed by atoms with Gasteiger partial charge >= 0.3 is 26.2 Å². The molecule has 0 nitrogen and oxygen atoms in total. The van der Waals surface area contributed by atoms with E-state index in [1.807, 2.05) is 0 Å². The van der Waals surface area contributed by atoms with Crippen molar-refractivity contribution in [3.05, 3.63) is 76.3 Å². The topological polar surface area (TPSA) is 0 Å². The van der Waals surface area contributed by atoms with Crippen molar-refractivity contribution in [2.24, 2.45) is 0 Å². The van der Waals surface area contributed by atoms with Gasteiger partial charge in [0.2, 0.25) is 0 Å². The first kappa shape index (κ1) is 21.3.